The summed E-state index contributed by atoms with van der Waals surface area (Å²) in [6.07, 6.45) is 2.76. The first-order chi connectivity index (χ1) is 14.1. The SMILES string of the molecule is C=CCn1c(SCC(=O)N2CCCC2=O)nc2sc(-c3ccccc3)cc2c1=O. The second kappa shape index (κ2) is 8.34. The highest BCUT2D eigenvalue weighted by Gasteiger charge is 2.26. The van der Waals surface area contributed by atoms with Gasteiger partial charge < -0.3 is 0 Å². The summed E-state index contributed by atoms with van der Waals surface area (Å²) in [5.41, 5.74) is 0.877. The Morgan fingerprint density at radius 1 is 1.28 bits per heavy atom. The van der Waals surface area contributed by atoms with Crippen molar-refractivity contribution in [3.63, 3.8) is 0 Å². The number of thioether (sulfide) groups is 1. The highest BCUT2D eigenvalue weighted by Crippen LogP contribution is 2.32. The van der Waals surface area contributed by atoms with Crippen molar-refractivity contribution >= 4 is 45.1 Å². The molecular formula is C21H19N3O3S2. The van der Waals surface area contributed by atoms with E-state index < -0.39 is 0 Å². The molecule has 2 aromatic heterocycles. The van der Waals surface area contributed by atoms with Crippen LogP contribution in [-0.2, 0) is 16.1 Å². The van der Waals surface area contributed by atoms with Gasteiger partial charge in [0.2, 0.25) is 11.8 Å². The van der Waals surface area contributed by atoms with E-state index in [1.165, 1.54) is 32.6 Å². The Morgan fingerprint density at radius 3 is 2.76 bits per heavy atom. The Labute approximate surface area is 175 Å². The molecular weight excluding hydrogens is 406 g/mol. The molecule has 0 atom stereocenters. The molecule has 4 rings (SSSR count). The molecule has 0 saturated carbocycles. The van der Waals surface area contributed by atoms with Crippen molar-refractivity contribution in [1.29, 1.82) is 0 Å². The normalized spacial score (nSPS) is 13.9. The fourth-order valence-electron chi connectivity index (χ4n) is 3.26. The number of allylic oxidation sites excluding steroid dienone is 1. The maximum atomic E-state index is 13.1. The van der Waals surface area contributed by atoms with Gasteiger partial charge in [0.25, 0.3) is 5.56 Å². The van der Waals surface area contributed by atoms with Gasteiger partial charge in [-0.2, -0.15) is 0 Å². The Balaban J connectivity index is 1.68. The molecule has 8 heteroatoms. The maximum Gasteiger partial charge on any atom is 0.263 e. The van der Waals surface area contributed by atoms with Crippen LogP contribution in [-0.4, -0.2) is 38.6 Å². The monoisotopic (exact) mass is 425 g/mol. The third-order valence-electron chi connectivity index (χ3n) is 4.69. The summed E-state index contributed by atoms with van der Waals surface area (Å²) in [5.74, 6) is -0.306. The number of likely N-dealkylation sites (tertiary alicyclic amines) is 1. The van der Waals surface area contributed by atoms with Crippen molar-refractivity contribution in [3.05, 3.63) is 59.4 Å². The molecule has 1 aliphatic heterocycles. The number of carbonyl (C=O) groups is 2. The van der Waals surface area contributed by atoms with Crippen molar-refractivity contribution in [2.24, 2.45) is 0 Å². The number of nitrogens with zero attached hydrogens (tertiary/aromatic N) is 3. The number of imide groups is 1. The van der Waals surface area contributed by atoms with Gasteiger partial charge in [-0.05, 0) is 18.1 Å². The zero-order valence-electron chi connectivity index (χ0n) is 15.7. The van der Waals surface area contributed by atoms with E-state index in [0.29, 0.717) is 41.3 Å². The maximum absolute atomic E-state index is 13.1. The van der Waals surface area contributed by atoms with E-state index in [1.54, 1.807) is 6.08 Å². The molecule has 0 radical (unpaired) electrons. The molecule has 3 heterocycles. The largest absolute Gasteiger partial charge is 0.283 e. The average Bonchev–Trinajstić information content (AvgIpc) is 3.36. The molecule has 0 spiro atoms. The van der Waals surface area contributed by atoms with Gasteiger partial charge in [-0.1, -0.05) is 48.2 Å². The molecule has 0 aliphatic carbocycles. The summed E-state index contributed by atoms with van der Waals surface area (Å²) in [6, 6.07) is 11.7. The van der Waals surface area contributed by atoms with E-state index in [2.05, 4.69) is 11.6 Å². The Bertz CT molecular complexity index is 1150. The quantitative estimate of drug-likeness (QED) is 0.343. The topological polar surface area (TPSA) is 72.3 Å². The van der Waals surface area contributed by atoms with Gasteiger partial charge in [-0.25, -0.2) is 4.98 Å². The van der Waals surface area contributed by atoms with Crippen LogP contribution < -0.4 is 5.56 Å². The first kappa shape index (κ1) is 19.6. The highest BCUT2D eigenvalue weighted by atomic mass is 32.2. The van der Waals surface area contributed by atoms with E-state index in [4.69, 9.17) is 0 Å². The van der Waals surface area contributed by atoms with Gasteiger partial charge in [0.1, 0.15) is 4.83 Å². The first-order valence-electron chi connectivity index (χ1n) is 9.25. The number of thiophene rings is 1. The average molecular weight is 426 g/mol. The fraction of sp³-hybridized carbons (Fsp3) is 0.238. The van der Waals surface area contributed by atoms with Crippen LogP contribution in [0, 0.1) is 0 Å². The molecule has 0 unspecified atom stereocenters. The Kier molecular flexibility index (Phi) is 5.64. The summed E-state index contributed by atoms with van der Waals surface area (Å²) in [5, 5.41) is 1.02. The highest BCUT2D eigenvalue weighted by molar-refractivity contribution is 7.99. The Hall–Kier alpha value is -2.71. The molecule has 0 N–H and O–H groups in total. The van der Waals surface area contributed by atoms with Gasteiger partial charge in [-0.3, -0.25) is 23.9 Å². The molecule has 1 aliphatic rings. The van der Waals surface area contributed by atoms with E-state index in [1.807, 2.05) is 36.4 Å². The number of fused-ring (bicyclic) bond motifs is 1. The van der Waals surface area contributed by atoms with Gasteiger partial charge in [-0.15, -0.1) is 17.9 Å². The van der Waals surface area contributed by atoms with Crippen molar-refractivity contribution in [2.75, 3.05) is 12.3 Å². The third kappa shape index (κ3) is 3.90. The minimum atomic E-state index is -0.242. The second-order valence-corrected chi connectivity index (χ2v) is 8.60. The van der Waals surface area contributed by atoms with Crippen LogP contribution in [0.3, 0.4) is 0 Å². The predicted octanol–water partition coefficient (Wildman–Crippen LogP) is 3.55. The molecule has 3 aromatic rings. The van der Waals surface area contributed by atoms with Gasteiger partial charge in [0.05, 0.1) is 11.1 Å². The number of hydrogen-bond donors (Lipinski definition) is 0. The standard InChI is InChI=1S/C21H19N3O3S2/c1-2-10-24-20(27)15-12-16(14-7-4-3-5-8-14)29-19(15)22-21(24)28-13-18(26)23-11-6-9-17(23)25/h2-5,7-8,12H,1,6,9-11,13H2. The lowest BCUT2D eigenvalue weighted by Crippen LogP contribution is -2.33. The predicted molar refractivity (Wildman–Crippen MR) is 116 cm³/mol. The zero-order valence-corrected chi connectivity index (χ0v) is 17.3. The minimum Gasteiger partial charge on any atom is -0.283 e. The number of amides is 2. The van der Waals surface area contributed by atoms with Crippen molar-refractivity contribution in [3.8, 4) is 10.4 Å². The lowest BCUT2D eigenvalue weighted by atomic mass is 10.2. The van der Waals surface area contributed by atoms with E-state index >= 15 is 0 Å². The summed E-state index contributed by atoms with van der Waals surface area (Å²) in [7, 11) is 0. The lowest BCUT2D eigenvalue weighted by molar-refractivity contribution is -0.140. The third-order valence-corrected chi connectivity index (χ3v) is 6.72. The number of benzene rings is 1. The molecule has 1 aromatic carbocycles. The van der Waals surface area contributed by atoms with Crippen molar-refractivity contribution in [2.45, 2.75) is 24.5 Å². The van der Waals surface area contributed by atoms with E-state index in [-0.39, 0.29) is 23.1 Å². The van der Waals surface area contributed by atoms with Crippen LogP contribution >= 0.6 is 23.1 Å². The van der Waals surface area contributed by atoms with Crippen LogP contribution in [0.15, 0.2) is 59.0 Å². The number of hydrogen-bond acceptors (Lipinski definition) is 6. The minimum absolute atomic E-state index is 0.0672. The molecule has 0 bridgehead atoms. The molecule has 148 valence electrons. The smallest absolute Gasteiger partial charge is 0.263 e. The summed E-state index contributed by atoms with van der Waals surface area (Å²) >= 11 is 2.64. The molecule has 1 fully saturated rings. The zero-order chi connectivity index (χ0) is 20.4. The molecule has 1 saturated heterocycles. The van der Waals surface area contributed by atoms with E-state index in [0.717, 1.165) is 10.4 Å². The van der Waals surface area contributed by atoms with Crippen LogP contribution in [0.2, 0.25) is 0 Å². The second-order valence-electron chi connectivity index (χ2n) is 6.63. The summed E-state index contributed by atoms with van der Waals surface area (Å²) in [6.45, 7) is 4.50. The first-order valence-corrected chi connectivity index (χ1v) is 11.1. The number of aromatic nitrogens is 2. The summed E-state index contributed by atoms with van der Waals surface area (Å²) < 4.78 is 1.53. The Morgan fingerprint density at radius 2 is 2.07 bits per heavy atom. The van der Waals surface area contributed by atoms with Crippen LogP contribution in [0.4, 0.5) is 0 Å². The van der Waals surface area contributed by atoms with E-state index in [9.17, 15) is 14.4 Å². The van der Waals surface area contributed by atoms with Gasteiger partial charge in [0.15, 0.2) is 5.16 Å². The van der Waals surface area contributed by atoms with Crippen molar-refractivity contribution in [1.82, 2.24) is 14.5 Å². The lowest BCUT2D eigenvalue weighted by Gasteiger charge is -2.14. The van der Waals surface area contributed by atoms with Gasteiger partial charge >= 0.3 is 0 Å². The molecule has 6 nitrogen and oxygen atoms in total. The molecule has 2 amide bonds. The number of rotatable bonds is 6. The van der Waals surface area contributed by atoms with Crippen LogP contribution in [0.25, 0.3) is 20.7 Å². The summed E-state index contributed by atoms with van der Waals surface area (Å²) in [4.78, 5) is 44.8. The number of carbonyl (C=O) groups excluding carboxylic acids is 2. The van der Waals surface area contributed by atoms with Crippen LogP contribution in [0.1, 0.15) is 12.8 Å². The van der Waals surface area contributed by atoms with Crippen LogP contribution in [0.5, 0.6) is 0 Å². The molecule has 29 heavy (non-hydrogen) atoms. The van der Waals surface area contributed by atoms with Gasteiger partial charge in [0, 0.05) is 24.4 Å². The van der Waals surface area contributed by atoms with Crippen molar-refractivity contribution < 1.29 is 9.59 Å². The fourth-order valence-corrected chi connectivity index (χ4v) is 5.22.